The molecule has 0 saturated carbocycles. The topological polar surface area (TPSA) is 37.3 Å². The van der Waals surface area contributed by atoms with E-state index in [0.29, 0.717) is 0 Å². The Labute approximate surface area is 122 Å². The molecule has 0 atom stereocenters. The van der Waals surface area contributed by atoms with Gasteiger partial charge in [0.15, 0.2) is 0 Å². The highest BCUT2D eigenvalue weighted by molar-refractivity contribution is 9.10. The van der Waals surface area contributed by atoms with Gasteiger partial charge in [-0.1, -0.05) is 0 Å². The minimum atomic E-state index is 0. The minimum absolute atomic E-state index is 0. The average molecular weight is 337 g/mol. The van der Waals surface area contributed by atoms with Crippen LogP contribution in [0.2, 0.25) is 0 Å². The third kappa shape index (κ3) is 3.49. The van der Waals surface area contributed by atoms with Gasteiger partial charge in [-0.05, 0) is 41.9 Å². The smallest absolute Gasteiger partial charge is 0.270 e. The Bertz CT molecular complexity index is 400. The van der Waals surface area contributed by atoms with Gasteiger partial charge in [-0.15, -0.1) is 12.4 Å². The first-order valence-electron chi connectivity index (χ1n) is 6.08. The van der Waals surface area contributed by atoms with Crippen molar-refractivity contribution in [1.82, 2.24) is 14.8 Å². The van der Waals surface area contributed by atoms with Crippen molar-refractivity contribution in [3.05, 3.63) is 22.4 Å². The van der Waals surface area contributed by atoms with E-state index in [1.165, 1.54) is 0 Å². The molecule has 2 rings (SSSR count). The molecule has 1 aromatic rings. The number of aryl methyl sites for hydroxylation is 1. The van der Waals surface area contributed by atoms with Crippen molar-refractivity contribution < 1.29 is 4.79 Å². The van der Waals surface area contributed by atoms with Crippen LogP contribution >= 0.6 is 28.3 Å². The molecule has 102 valence electrons. The summed E-state index contributed by atoms with van der Waals surface area (Å²) in [6.07, 6.45) is 2.99. The number of amides is 1. The highest BCUT2D eigenvalue weighted by atomic mass is 79.9. The summed E-state index contributed by atoms with van der Waals surface area (Å²) in [7, 11) is 0. The van der Waals surface area contributed by atoms with Crippen LogP contribution in [-0.2, 0) is 6.54 Å². The Morgan fingerprint density at radius 3 is 2.94 bits per heavy atom. The summed E-state index contributed by atoms with van der Waals surface area (Å²) in [6, 6.07) is 1.91. The molecule has 6 heteroatoms. The number of nitrogens with zero attached hydrogens (tertiary/aromatic N) is 2. The van der Waals surface area contributed by atoms with E-state index in [2.05, 4.69) is 21.2 Å². The SMILES string of the molecule is CCn1cc(Br)cc1C(=O)N1CCCNCC1.Cl. The number of hydrogen-bond donors (Lipinski definition) is 1. The first-order chi connectivity index (χ1) is 8.22. The third-order valence-corrected chi connectivity index (χ3v) is 3.48. The molecule has 0 unspecified atom stereocenters. The summed E-state index contributed by atoms with van der Waals surface area (Å²) in [5, 5.41) is 3.31. The van der Waals surface area contributed by atoms with Crippen LogP contribution < -0.4 is 5.32 Å². The van der Waals surface area contributed by atoms with E-state index in [0.717, 1.165) is 49.3 Å². The first kappa shape index (κ1) is 15.5. The fourth-order valence-corrected chi connectivity index (χ4v) is 2.59. The standard InChI is InChI=1S/C12H18BrN3O.ClH/c1-2-15-9-10(13)8-11(15)12(17)16-6-3-4-14-5-7-16;/h8-9,14H,2-7H2,1H3;1H. The Morgan fingerprint density at radius 1 is 1.44 bits per heavy atom. The quantitative estimate of drug-likeness (QED) is 0.898. The molecule has 18 heavy (non-hydrogen) atoms. The Balaban J connectivity index is 0.00000162. The van der Waals surface area contributed by atoms with E-state index < -0.39 is 0 Å². The molecule has 4 nitrogen and oxygen atoms in total. The number of carbonyl (C=O) groups excluding carboxylic acids is 1. The molecule has 1 N–H and O–H groups in total. The van der Waals surface area contributed by atoms with E-state index in [1.807, 2.05) is 28.7 Å². The fraction of sp³-hybridized carbons (Fsp3) is 0.583. The molecule has 2 heterocycles. The summed E-state index contributed by atoms with van der Waals surface area (Å²) in [5.74, 6) is 0.140. The molecule has 1 aliphatic rings. The van der Waals surface area contributed by atoms with E-state index in [1.54, 1.807) is 0 Å². The van der Waals surface area contributed by atoms with Crippen LogP contribution in [0.3, 0.4) is 0 Å². The van der Waals surface area contributed by atoms with E-state index in [4.69, 9.17) is 0 Å². The number of rotatable bonds is 2. The van der Waals surface area contributed by atoms with Gasteiger partial charge in [0.25, 0.3) is 5.91 Å². The predicted octanol–water partition coefficient (Wildman–Crippen LogP) is 2.13. The molecule has 0 radical (unpaired) electrons. The summed E-state index contributed by atoms with van der Waals surface area (Å²) >= 11 is 3.43. The zero-order valence-electron chi connectivity index (χ0n) is 10.5. The molecule has 1 fully saturated rings. The average Bonchev–Trinajstić information content (AvgIpc) is 2.55. The minimum Gasteiger partial charge on any atom is -0.343 e. The van der Waals surface area contributed by atoms with Crippen LogP contribution in [-0.4, -0.2) is 41.6 Å². The van der Waals surface area contributed by atoms with Gasteiger partial charge >= 0.3 is 0 Å². The number of aromatic nitrogens is 1. The number of carbonyl (C=O) groups is 1. The maximum atomic E-state index is 12.4. The maximum Gasteiger partial charge on any atom is 0.270 e. The van der Waals surface area contributed by atoms with Crippen molar-refractivity contribution in [2.75, 3.05) is 26.2 Å². The van der Waals surface area contributed by atoms with Crippen molar-refractivity contribution in [1.29, 1.82) is 0 Å². The van der Waals surface area contributed by atoms with E-state index in [9.17, 15) is 4.79 Å². The predicted molar refractivity (Wildman–Crippen MR) is 78.4 cm³/mol. The largest absolute Gasteiger partial charge is 0.343 e. The Kier molecular flexibility index (Phi) is 6.18. The lowest BCUT2D eigenvalue weighted by Crippen LogP contribution is -2.35. The molecule has 0 aliphatic carbocycles. The second-order valence-corrected chi connectivity index (χ2v) is 5.14. The number of halogens is 2. The lowest BCUT2D eigenvalue weighted by molar-refractivity contribution is 0.0755. The monoisotopic (exact) mass is 335 g/mol. The molecule has 0 bridgehead atoms. The maximum absolute atomic E-state index is 12.4. The normalized spacial score (nSPS) is 16.0. The second kappa shape index (κ2) is 7.16. The molecular weight excluding hydrogens is 318 g/mol. The summed E-state index contributed by atoms with van der Waals surface area (Å²) in [5.41, 5.74) is 0.779. The fourth-order valence-electron chi connectivity index (χ4n) is 2.13. The van der Waals surface area contributed by atoms with Crippen molar-refractivity contribution >= 4 is 34.2 Å². The van der Waals surface area contributed by atoms with Crippen molar-refractivity contribution in [3.8, 4) is 0 Å². The summed E-state index contributed by atoms with van der Waals surface area (Å²) < 4.78 is 2.96. The molecular formula is C12H19BrClN3O. The second-order valence-electron chi connectivity index (χ2n) is 4.23. The van der Waals surface area contributed by atoms with Crippen molar-refractivity contribution in [2.45, 2.75) is 19.9 Å². The van der Waals surface area contributed by atoms with Crippen LogP contribution in [0.5, 0.6) is 0 Å². The lowest BCUT2D eigenvalue weighted by atomic mass is 10.3. The molecule has 0 spiro atoms. The lowest BCUT2D eigenvalue weighted by Gasteiger charge is -2.20. The number of nitrogens with one attached hydrogen (secondary N) is 1. The van der Waals surface area contributed by atoms with E-state index >= 15 is 0 Å². The van der Waals surface area contributed by atoms with Gasteiger partial charge in [0.05, 0.1) is 0 Å². The molecule has 1 aliphatic heterocycles. The van der Waals surface area contributed by atoms with Gasteiger partial charge in [-0.3, -0.25) is 4.79 Å². The highest BCUT2D eigenvalue weighted by Gasteiger charge is 2.20. The Morgan fingerprint density at radius 2 is 2.22 bits per heavy atom. The van der Waals surface area contributed by atoms with Crippen LogP contribution in [0, 0.1) is 0 Å². The first-order valence-corrected chi connectivity index (χ1v) is 6.87. The van der Waals surface area contributed by atoms with Gasteiger partial charge in [0.2, 0.25) is 0 Å². The van der Waals surface area contributed by atoms with Crippen LogP contribution in [0.4, 0.5) is 0 Å². The molecule has 1 saturated heterocycles. The van der Waals surface area contributed by atoms with E-state index in [-0.39, 0.29) is 18.3 Å². The Hall–Kier alpha value is -0.520. The zero-order valence-corrected chi connectivity index (χ0v) is 12.9. The van der Waals surface area contributed by atoms with Crippen molar-refractivity contribution in [2.24, 2.45) is 0 Å². The highest BCUT2D eigenvalue weighted by Crippen LogP contribution is 2.17. The van der Waals surface area contributed by atoms with Crippen LogP contribution in [0.15, 0.2) is 16.7 Å². The number of hydrogen-bond acceptors (Lipinski definition) is 2. The summed E-state index contributed by atoms with van der Waals surface area (Å²) in [4.78, 5) is 14.3. The molecule has 1 amide bonds. The van der Waals surface area contributed by atoms with Gasteiger partial charge in [-0.25, -0.2) is 0 Å². The third-order valence-electron chi connectivity index (χ3n) is 3.05. The van der Waals surface area contributed by atoms with Crippen molar-refractivity contribution in [3.63, 3.8) is 0 Å². The molecule has 1 aromatic heterocycles. The molecule has 0 aromatic carbocycles. The van der Waals surface area contributed by atoms with Crippen LogP contribution in [0.25, 0.3) is 0 Å². The van der Waals surface area contributed by atoms with Gasteiger partial charge in [0, 0.05) is 36.8 Å². The summed E-state index contributed by atoms with van der Waals surface area (Å²) in [6.45, 7) is 6.40. The van der Waals surface area contributed by atoms with Gasteiger partial charge in [0.1, 0.15) is 5.69 Å². The van der Waals surface area contributed by atoms with Crippen LogP contribution in [0.1, 0.15) is 23.8 Å². The zero-order chi connectivity index (χ0) is 12.3. The van der Waals surface area contributed by atoms with Gasteiger partial charge in [-0.2, -0.15) is 0 Å². The van der Waals surface area contributed by atoms with Gasteiger partial charge < -0.3 is 14.8 Å².